The number of imidazole rings is 1. The lowest BCUT2D eigenvalue weighted by atomic mass is 10.1. The summed E-state index contributed by atoms with van der Waals surface area (Å²) in [6.07, 6.45) is 3.72. The normalized spacial score (nSPS) is 10.2. The Morgan fingerprint density at radius 3 is 3.06 bits per heavy atom. The van der Waals surface area contributed by atoms with Crippen molar-refractivity contribution in [3.8, 4) is 6.07 Å². The minimum Gasteiger partial charge on any atom is -0.334 e. The second-order valence-electron chi connectivity index (χ2n) is 4.09. The van der Waals surface area contributed by atoms with Gasteiger partial charge in [-0.1, -0.05) is 12.1 Å². The highest BCUT2D eigenvalue weighted by Gasteiger charge is 2.00. The molecule has 0 saturated carbocycles. The summed E-state index contributed by atoms with van der Waals surface area (Å²) in [5.74, 6) is 0. The quantitative estimate of drug-likeness (QED) is 0.870. The summed E-state index contributed by atoms with van der Waals surface area (Å²) in [7, 11) is 0. The van der Waals surface area contributed by atoms with Gasteiger partial charge in [0.25, 0.3) is 0 Å². The first-order valence-corrected chi connectivity index (χ1v) is 6.02. The molecule has 0 unspecified atom stereocenters. The van der Waals surface area contributed by atoms with E-state index < -0.39 is 0 Å². The van der Waals surface area contributed by atoms with Crippen LogP contribution in [0.15, 0.2) is 36.8 Å². The van der Waals surface area contributed by atoms with Gasteiger partial charge in [-0.2, -0.15) is 5.26 Å². The molecule has 1 heterocycles. The number of benzene rings is 1. The monoisotopic (exact) mass is 240 g/mol. The predicted molar refractivity (Wildman–Crippen MR) is 69.6 cm³/mol. The summed E-state index contributed by atoms with van der Waals surface area (Å²) in [6, 6.07) is 9.80. The van der Waals surface area contributed by atoms with E-state index in [1.807, 2.05) is 36.8 Å². The summed E-state index contributed by atoms with van der Waals surface area (Å²) < 4.78 is 2.11. The molecule has 2 rings (SSSR count). The molecule has 1 aromatic carbocycles. The molecule has 4 heteroatoms. The Bertz CT molecular complexity index is 551. The van der Waals surface area contributed by atoms with E-state index in [1.165, 1.54) is 5.69 Å². The molecule has 0 saturated heterocycles. The van der Waals surface area contributed by atoms with Crippen molar-refractivity contribution in [3.63, 3.8) is 0 Å². The lowest BCUT2D eigenvalue weighted by molar-refractivity contribution is 0.628. The highest BCUT2D eigenvalue weighted by atomic mass is 15.1. The van der Waals surface area contributed by atoms with Gasteiger partial charge in [0.1, 0.15) is 0 Å². The summed E-state index contributed by atoms with van der Waals surface area (Å²) in [5, 5.41) is 12.2. The molecule has 0 aliphatic carbocycles. The maximum Gasteiger partial charge on any atom is 0.0991 e. The zero-order valence-electron chi connectivity index (χ0n) is 10.4. The van der Waals surface area contributed by atoms with Crippen LogP contribution in [-0.4, -0.2) is 9.55 Å². The van der Waals surface area contributed by atoms with Gasteiger partial charge in [0, 0.05) is 25.8 Å². The van der Waals surface area contributed by atoms with Crippen LogP contribution in [0.5, 0.6) is 0 Å². The lowest BCUT2D eigenvalue weighted by Crippen LogP contribution is -2.15. The molecule has 0 amide bonds. The van der Waals surface area contributed by atoms with Gasteiger partial charge < -0.3 is 9.88 Å². The van der Waals surface area contributed by atoms with E-state index in [-0.39, 0.29) is 0 Å². The van der Waals surface area contributed by atoms with E-state index in [2.05, 4.69) is 27.9 Å². The third kappa shape index (κ3) is 2.96. The molecule has 0 fully saturated rings. The number of hydrogen-bond donors (Lipinski definition) is 1. The fraction of sp³-hybridized carbons (Fsp3) is 0.286. The Balaban J connectivity index is 1.90. The first-order valence-electron chi connectivity index (χ1n) is 6.02. The van der Waals surface area contributed by atoms with Gasteiger partial charge in [-0.15, -0.1) is 0 Å². The standard InChI is InChI=1S/C14H16N4/c1-2-18-11-17-10-14(18)9-16-8-13-5-3-4-12(6-13)7-15/h3-6,10-11,16H,2,8-9H2,1H3. The van der Waals surface area contributed by atoms with Crippen LogP contribution >= 0.6 is 0 Å². The Morgan fingerprint density at radius 1 is 1.39 bits per heavy atom. The van der Waals surface area contributed by atoms with Crippen molar-refractivity contribution < 1.29 is 0 Å². The third-order valence-electron chi connectivity index (χ3n) is 2.83. The van der Waals surface area contributed by atoms with E-state index >= 15 is 0 Å². The highest BCUT2D eigenvalue weighted by molar-refractivity contribution is 5.32. The number of nitriles is 1. The van der Waals surface area contributed by atoms with Gasteiger partial charge in [-0.3, -0.25) is 0 Å². The second-order valence-corrected chi connectivity index (χ2v) is 4.09. The van der Waals surface area contributed by atoms with Gasteiger partial charge in [0.05, 0.1) is 23.7 Å². The largest absolute Gasteiger partial charge is 0.334 e. The van der Waals surface area contributed by atoms with Crippen LogP contribution in [0, 0.1) is 11.3 Å². The van der Waals surface area contributed by atoms with Crippen LogP contribution < -0.4 is 5.32 Å². The van der Waals surface area contributed by atoms with E-state index in [0.29, 0.717) is 5.56 Å². The minimum atomic E-state index is 0.702. The third-order valence-corrected chi connectivity index (χ3v) is 2.83. The summed E-state index contributed by atoms with van der Waals surface area (Å²) >= 11 is 0. The van der Waals surface area contributed by atoms with Crippen LogP contribution in [0.3, 0.4) is 0 Å². The number of nitrogens with zero attached hydrogens (tertiary/aromatic N) is 3. The average molecular weight is 240 g/mol. The van der Waals surface area contributed by atoms with E-state index in [9.17, 15) is 0 Å². The van der Waals surface area contributed by atoms with Gasteiger partial charge in [-0.05, 0) is 24.6 Å². The second kappa shape index (κ2) is 5.99. The molecule has 18 heavy (non-hydrogen) atoms. The molecule has 0 spiro atoms. The molecule has 0 atom stereocenters. The Labute approximate surface area is 107 Å². The first-order chi connectivity index (χ1) is 8.83. The van der Waals surface area contributed by atoms with Crippen LogP contribution in [0.25, 0.3) is 0 Å². The average Bonchev–Trinajstić information content (AvgIpc) is 2.86. The number of aromatic nitrogens is 2. The Kier molecular flexibility index (Phi) is 4.11. The Hall–Kier alpha value is -2.12. The predicted octanol–water partition coefficient (Wildman–Crippen LogP) is 2.06. The lowest BCUT2D eigenvalue weighted by Gasteiger charge is -2.07. The summed E-state index contributed by atoms with van der Waals surface area (Å²) in [6.45, 7) is 4.57. The molecule has 0 bridgehead atoms. The molecule has 1 N–H and O–H groups in total. The molecular weight excluding hydrogens is 224 g/mol. The summed E-state index contributed by atoms with van der Waals surface area (Å²) in [4.78, 5) is 4.13. The van der Waals surface area contributed by atoms with Crippen molar-refractivity contribution in [3.05, 3.63) is 53.6 Å². The van der Waals surface area contributed by atoms with Crippen LogP contribution in [0.4, 0.5) is 0 Å². The van der Waals surface area contributed by atoms with Crippen LogP contribution in [0.2, 0.25) is 0 Å². The maximum atomic E-state index is 8.82. The van der Waals surface area contributed by atoms with Gasteiger partial charge in [0.2, 0.25) is 0 Å². The Morgan fingerprint density at radius 2 is 2.28 bits per heavy atom. The van der Waals surface area contributed by atoms with Crippen molar-refractivity contribution in [2.45, 2.75) is 26.6 Å². The van der Waals surface area contributed by atoms with E-state index in [1.54, 1.807) is 0 Å². The number of nitrogens with one attached hydrogen (secondary N) is 1. The number of aryl methyl sites for hydroxylation is 1. The maximum absolute atomic E-state index is 8.82. The van der Waals surface area contributed by atoms with Crippen LogP contribution in [0.1, 0.15) is 23.7 Å². The molecule has 0 aliphatic rings. The minimum absolute atomic E-state index is 0.702. The van der Waals surface area contributed by atoms with E-state index in [4.69, 9.17) is 5.26 Å². The molecule has 1 aromatic heterocycles. The molecule has 0 aliphatic heterocycles. The van der Waals surface area contributed by atoms with Crippen molar-refractivity contribution >= 4 is 0 Å². The number of rotatable bonds is 5. The first kappa shape index (κ1) is 12.3. The van der Waals surface area contributed by atoms with Crippen molar-refractivity contribution in [2.75, 3.05) is 0 Å². The summed E-state index contributed by atoms with van der Waals surface area (Å²) in [5.41, 5.74) is 3.00. The van der Waals surface area contributed by atoms with Gasteiger partial charge in [0.15, 0.2) is 0 Å². The van der Waals surface area contributed by atoms with Crippen LogP contribution in [-0.2, 0) is 19.6 Å². The molecular formula is C14H16N4. The van der Waals surface area contributed by atoms with Crippen molar-refractivity contribution in [1.82, 2.24) is 14.9 Å². The fourth-order valence-electron chi connectivity index (χ4n) is 1.87. The molecule has 2 aromatic rings. The smallest absolute Gasteiger partial charge is 0.0991 e. The van der Waals surface area contributed by atoms with Crippen molar-refractivity contribution in [1.29, 1.82) is 5.26 Å². The fourth-order valence-corrected chi connectivity index (χ4v) is 1.87. The van der Waals surface area contributed by atoms with E-state index in [0.717, 1.165) is 25.2 Å². The molecule has 0 radical (unpaired) electrons. The number of hydrogen-bond acceptors (Lipinski definition) is 3. The highest BCUT2D eigenvalue weighted by Crippen LogP contribution is 2.04. The molecule has 92 valence electrons. The zero-order chi connectivity index (χ0) is 12.8. The topological polar surface area (TPSA) is 53.6 Å². The van der Waals surface area contributed by atoms with Gasteiger partial charge in [-0.25, -0.2) is 4.98 Å². The van der Waals surface area contributed by atoms with Gasteiger partial charge >= 0.3 is 0 Å². The van der Waals surface area contributed by atoms with Crippen molar-refractivity contribution in [2.24, 2.45) is 0 Å². The molecule has 4 nitrogen and oxygen atoms in total. The zero-order valence-corrected chi connectivity index (χ0v) is 10.4. The SMILES string of the molecule is CCn1cncc1CNCc1cccc(C#N)c1.